The molecule has 6 heteroatoms. The molecule has 1 amide bonds. The molecule has 1 aromatic rings. The monoisotopic (exact) mass is 356 g/mol. The first-order valence-corrected chi connectivity index (χ1v) is 8.69. The Labute approximate surface area is 152 Å². The fourth-order valence-electron chi connectivity index (χ4n) is 2.85. The number of nitrogens with zero attached hydrogens (tertiary/aromatic N) is 2. The van der Waals surface area contributed by atoms with Crippen molar-refractivity contribution in [2.24, 2.45) is 5.92 Å². The predicted octanol–water partition coefficient (Wildman–Crippen LogP) is 3.69. The third-order valence-corrected chi connectivity index (χ3v) is 4.32. The van der Waals surface area contributed by atoms with Crippen LogP contribution in [-0.2, 0) is 15.7 Å². The lowest BCUT2D eigenvalue weighted by atomic mass is 9.92. The molecule has 0 saturated carbocycles. The smallest absolute Gasteiger partial charge is 0.225 e. The molecule has 1 aliphatic heterocycles. The summed E-state index contributed by atoms with van der Waals surface area (Å²) in [5, 5.41) is 11.2. The molecule has 0 spiro atoms. The maximum Gasteiger partial charge on any atom is 0.225 e. The van der Waals surface area contributed by atoms with Crippen LogP contribution in [-0.4, -0.2) is 28.8 Å². The highest BCUT2D eigenvalue weighted by Gasteiger charge is 2.26. The van der Waals surface area contributed by atoms with Gasteiger partial charge in [0.1, 0.15) is 5.82 Å². The van der Waals surface area contributed by atoms with Gasteiger partial charge in [-0.05, 0) is 52.6 Å². The highest BCUT2D eigenvalue weighted by atomic mass is 35.5. The predicted molar refractivity (Wildman–Crippen MR) is 102 cm³/mol. The maximum absolute atomic E-state index is 12.3. The Bertz CT molecular complexity index is 548. The first kappa shape index (κ1) is 21.0. The summed E-state index contributed by atoms with van der Waals surface area (Å²) in [4.78, 5) is 12.3. The normalized spacial score (nSPS) is 18.3. The number of rotatable bonds is 4. The highest BCUT2D eigenvalue weighted by Crippen LogP contribution is 2.28. The topological polar surface area (TPSA) is 59.0 Å². The number of anilines is 1. The number of nitrogens with one attached hydrogen (secondary N) is 2. The standard InChI is InChI=1S/C18H32N4O.ClH/c1-17(2,3)14-11-15(22(21-14)18(4,5)6)20-16(23)8-7-13-9-10-19-12-13;/h11,13,19H,7-10,12H2,1-6H3,(H,20,23);1H. The van der Waals surface area contributed by atoms with Crippen LogP contribution < -0.4 is 10.6 Å². The second-order valence-corrected chi connectivity index (χ2v) is 8.69. The zero-order valence-corrected chi connectivity index (χ0v) is 16.7. The lowest BCUT2D eigenvalue weighted by molar-refractivity contribution is -0.116. The third-order valence-electron chi connectivity index (χ3n) is 4.32. The number of carbonyl (C=O) groups is 1. The number of hydrogen-bond donors (Lipinski definition) is 2. The molecule has 1 saturated heterocycles. The number of carbonyl (C=O) groups excluding carboxylic acids is 1. The van der Waals surface area contributed by atoms with Crippen LogP contribution in [0.2, 0.25) is 0 Å². The van der Waals surface area contributed by atoms with E-state index < -0.39 is 0 Å². The summed E-state index contributed by atoms with van der Waals surface area (Å²) in [6.07, 6.45) is 2.71. The Morgan fingerprint density at radius 1 is 1.33 bits per heavy atom. The van der Waals surface area contributed by atoms with Gasteiger partial charge in [-0.3, -0.25) is 4.79 Å². The molecule has 1 unspecified atom stereocenters. The highest BCUT2D eigenvalue weighted by molar-refractivity contribution is 5.90. The van der Waals surface area contributed by atoms with Gasteiger partial charge in [0, 0.05) is 17.9 Å². The van der Waals surface area contributed by atoms with E-state index in [-0.39, 0.29) is 29.3 Å². The third kappa shape index (κ3) is 5.49. The van der Waals surface area contributed by atoms with Crippen molar-refractivity contribution in [2.75, 3.05) is 18.4 Å². The molecule has 1 atom stereocenters. The van der Waals surface area contributed by atoms with Gasteiger partial charge in [-0.15, -0.1) is 12.4 Å². The first-order valence-electron chi connectivity index (χ1n) is 8.69. The van der Waals surface area contributed by atoms with Crippen LogP contribution in [0.15, 0.2) is 6.07 Å². The Morgan fingerprint density at radius 2 is 2.00 bits per heavy atom. The Hall–Kier alpha value is -1.07. The molecule has 5 nitrogen and oxygen atoms in total. The minimum atomic E-state index is -0.165. The number of amides is 1. The van der Waals surface area contributed by atoms with Gasteiger partial charge in [-0.2, -0.15) is 5.10 Å². The first-order chi connectivity index (χ1) is 10.6. The molecule has 1 aromatic heterocycles. The van der Waals surface area contributed by atoms with E-state index in [4.69, 9.17) is 5.10 Å². The summed E-state index contributed by atoms with van der Waals surface area (Å²) in [6.45, 7) is 14.9. The van der Waals surface area contributed by atoms with Crippen molar-refractivity contribution >= 4 is 24.1 Å². The maximum atomic E-state index is 12.3. The van der Waals surface area contributed by atoms with Crippen molar-refractivity contribution in [1.82, 2.24) is 15.1 Å². The van der Waals surface area contributed by atoms with Gasteiger partial charge >= 0.3 is 0 Å². The van der Waals surface area contributed by atoms with Crippen molar-refractivity contribution in [1.29, 1.82) is 0 Å². The molecule has 1 fully saturated rings. The summed E-state index contributed by atoms with van der Waals surface area (Å²) in [6, 6.07) is 2.01. The van der Waals surface area contributed by atoms with E-state index in [1.807, 2.05) is 10.7 Å². The van der Waals surface area contributed by atoms with E-state index in [1.165, 1.54) is 6.42 Å². The molecular weight excluding hydrogens is 324 g/mol. The lowest BCUT2D eigenvalue weighted by Crippen LogP contribution is -2.27. The van der Waals surface area contributed by atoms with Gasteiger partial charge in [0.2, 0.25) is 5.91 Å². The number of aromatic nitrogens is 2. The fourth-order valence-corrected chi connectivity index (χ4v) is 2.85. The van der Waals surface area contributed by atoms with Gasteiger partial charge in [0.15, 0.2) is 0 Å². The SMILES string of the molecule is CC(C)(C)c1cc(NC(=O)CCC2CCNC2)n(C(C)(C)C)n1.Cl. The molecular formula is C18H33ClN4O. The van der Waals surface area contributed by atoms with Gasteiger partial charge in [0.25, 0.3) is 0 Å². The van der Waals surface area contributed by atoms with E-state index in [2.05, 4.69) is 52.2 Å². The van der Waals surface area contributed by atoms with Crippen LogP contribution in [0.5, 0.6) is 0 Å². The van der Waals surface area contributed by atoms with Gasteiger partial charge in [-0.1, -0.05) is 20.8 Å². The van der Waals surface area contributed by atoms with E-state index in [1.54, 1.807) is 0 Å². The van der Waals surface area contributed by atoms with Crippen molar-refractivity contribution in [2.45, 2.75) is 71.8 Å². The molecule has 0 aliphatic carbocycles. The van der Waals surface area contributed by atoms with E-state index in [0.717, 1.165) is 31.0 Å². The van der Waals surface area contributed by atoms with Crippen molar-refractivity contribution < 1.29 is 4.79 Å². The minimum absolute atomic E-state index is 0. The molecule has 0 bridgehead atoms. The Kier molecular flexibility index (Phi) is 6.88. The Balaban J connectivity index is 0.00000288. The quantitative estimate of drug-likeness (QED) is 0.865. The second kappa shape index (κ2) is 7.87. The van der Waals surface area contributed by atoms with Crippen molar-refractivity contribution in [3.8, 4) is 0 Å². The van der Waals surface area contributed by atoms with Crippen LogP contribution in [0.3, 0.4) is 0 Å². The largest absolute Gasteiger partial charge is 0.316 e. The summed E-state index contributed by atoms with van der Waals surface area (Å²) in [5.74, 6) is 1.53. The zero-order valence-electron chi connectivity index (χ0n) is 15.9. The van der Waals surface area contributed by atoms with E-state index in [0.29, 0.717) is 12.3 Å². The van der Waals surface area contributed by atoms with E-state index in [9.17, 15) is 4.79 Å². The molecule has 138 valence electrons. The van der Waals surface area contributed by atoms with Crippen LogP contribution in [0.1, 0.15) is 66.5 Å². The second-order valence-electron chi connectivity index (χ2n) is 8.69. The fraction of sp³-hybridized carbons (Fsp3) is 0.778. The van der Waals surface area contributed by atoms with Crippen LogP contribution in [0.4, 0.5) is 5.82 Å². The van der Waals surface area contributed by atoms with Crippen molar-refractivity contribution in [3.63, 3.8) is 0 Å². The molecule has 2 N–H and O–H groups in total. The molecule has 0 aromatic carbocycles. The molecule has 1 aliphatic rings. The van der Waals surface area contributed by atoms with Crippen LogP contribution >= 0.6 is 12.4 Å². The van der Waals surface area contributed by atoms with Gasteiger partial charge in [-0.25, -0.2) is 4.68 Å². The van der Waals surface area contributed by atoms with Gasteiger partial charge in [0.05, 0.1) is 11.2 Å². The number of hydrogen-bond acceptors (Lipinski definition) is 3. The molecule has 24 heavy (non-hydrogen) atoms. The van der Waals surface area contributed by atoms with Crippen LogP contribution in [0, 0.1) is 5.92 Å². The summed E-state index contributed by atoms with van der Waals surface area (Å²) >= 11 is 0. The number of halogens is 1. The molecule has 0 radical (unpaired) electrons. The summed E-state index contributed by atoms with van der Waals surface area (Å²) in [7, 11) is 0. The minimum Gasteiger partial charge on any atom is -0.316 e. The van der Waals surface area contributed by atoms with Gasteiger partial charge < -0.3 is 10.6 Å². The van der Waals surface area contributed by atoms with Crippen LogP contribution in [0.25, 0.3) is 0 Å². The summed E-state index contributed by atoms with van der Waals surface area (Å²) < 4.78 is 1.93. The Morgan fingerprint density at radius 3 is 2.50 bits per heavy atom. The average molecular weight is 357 g/mol. The van der Waals surface area contributed by atoms with Crippen molar-refractivity contribution in [3.05, 3.63) is 11.8 Å². The molecule has 2 heterocycles. The average Bonchev–Trinajstić information content (AvgIpc) is 3.03. The summed E-state index contributed by atoms with van der Waals surface area (Å²) in [5.41, 5.74) is 0.801. The molecule has 2 rings (SSSR count). The van der Waals surface area contributed by atoms with E-state index >= 15 is 0 Å². The lowest BCUT2D eigenvalue weighted by Gasteiger charge is -2.23. The zero-order chi connectivity index (χ0) is 17.3.